The highest BCUT2D eigenvalue weighted by molar-refractivity contribution is 7.99. The molecule has 0 unspecified atom stereocenters. The van der Waals surface area contributed by atoms with E-state index in [4.69, 9.17) is 0 Å². The topological polar surface area (TPSA) is 43.1 Å². The molecule has 5 heteroatoms. The number of hydrogen-bond acceptors (Lipinski definition) is 4. The number of nitrogens with zero attached hydrogens (tertiary/aromatic N) is 1. The normalized spacial score (nSPS) is 24.5. The summed E-state index contributed by atoms with van der Waals surface area (Å²) < 4.78 is 0. The zero-order valence-corrected chi connectivity index (χ0v) is 12.0. The third kappa shape index (κ3) is 3.59. The lowest BCUT2D eigenvalue weighted by molar-refractivity contribution is -0.380. The second kappa shape index (κ2) is 6.38. The molecule has 1 fully saturated rings. The molecule has 0 N–H and O–H groups in total. The summed E-state index contributed by atoms with van der Waals surface area (Å²) in [5.41, 5.74) is 0. The lowest BCUT2D eigenvalue weighted by Crippen LogP contribution is -2.14. The van der Waals surface area contributed by atoms with Crippen LogP contribution in [0, 0.1) is 16.0 Å². The maximum Gasteiger partial charge on any atom is 0.324 e. The van der Waals surface area contributed by atoms with E-state index in [9.17, 15) is 10.1 Å². The van der Waals surface area contributed by atoms with Gasteiger partial charge in [-0.15, -0.1) is 0 Å². The Balaban J connectivity index is 1.89. The first-order valence-corrected chi connectivity index (χ1v) is 8.24. The number of thioether (sulfide) groups is 1. The molecule has 1 saturated carbocycles. The predicted molar refractivity (Wildman–Crippen MR) is 79.3 cm³/mol. The standard InChI is InChI=1S/C13H17NO2S2/c1-17-11-5-2-10(3-6-11)4-7-12-8-9-13(18-12)14(15)16/h4,7-11H,2-3,5-6H2,1H3/b7-4+. The summed E-state index contributed by atoms with van der Waals surface area (Å²) in [4.78, 5) is 11.2. The Morgan fingerprint density at radius 2 is 2.11 bits per heavy atom. The van der Waals surface area contributed by atoms with Gasteiger partial charge in [-0.25, -0.2) is 0 Å². The fourth-order valence-corrected chi connectivity index (χ4v) is 3.76. The lowest BCUT2D eigenvalue weighted by Gasteiger charge is -2.25. The Kier molecular flexibility index (Phi) is 4.83. The summed E-state index contributed by atoms with van der Waals surface area (Å²) in [6.45, 7) is 0. The van der Waals surface area contributed by atoms with Crippen molar-refractivity contribution in [2.75, 3.05) is 6.26 Å². The van der Waals surface area contributed by atoms with E-state index in [1.807, 2.05) is 23.9 Å². The fraction of sp³-hybridized carbons (Fsp3) is 0.538. The smallest absolute Gasteiger partial charge is 0.258 e. The lowest BCUT2D eigenvalue weighted by atomic mass is 9.88. The first-order valence-electron chi connectivity index (χ1n) is 6.14. The van der Waals surface area contributed by atoms with Crippen molar-refractivity contribution in [3.05, 3.63) is 33.2 Å². The van der Waals surface area contributed by atoms with E-state index < -0.39 is 0 Å². The molecule has 0 spiro atoms. The van der Waals surface area contributed by atoms with E-state index in [1.54, 1.807) is 6.07 Å². The Labute approximate surface area is 115 Å². The molecule has 0 aromatic carbocycles. The highest BCUT2D eigenvalue weighted by atomic mass is 32.2. The minimum Gasteiger partial charge on any atom is -0.258 e. The largest absolute Gasteiger partial charge is 0.324 e. The van der Waals surface area contributed by atoms with Gasteiger partial charge in [-0.3, -0.25) is 10.1 Å². The van der Waals surface area contributed by atoms with Gasteiger partial charge < -0.3 is 0 Å². The van der Waals surface area contributed by atoms with E-state index >= 15 is 0 Å². The zero-order chi connectivity index (χ0) is 13.0. The van der Waals surface area contributed by atoms with Gasteiger partial charge in [0.1, 0.15) is 0 Å². The molecule has 0 saturated heterocycles. The van der Waals surface area contributed by atoms with Crippen LogP contribution in [-0.4, -0.2) is 16.4 Å². The molecule has 0 aliphatic heterocycles. The summed E-state index contributed by atoms with van der Waals surface area (Å²) in [5.74, 6) is 0.648. The molecule has 1 aromatic rings. The minimum atomic E-state index is -0.328. The van der Waals surface area contributed by atoms with Crippen LogP contribution in [-0.2, 0) is 0 Å². The van der Waals surface area contributed by atoms with Crippen molar-refractivity contribution in [2.45, 2.75) is 30.9 Å². The van der Waals surface area contributed by atoms with Crippen LogP contribution < -0.4 is 0 Å². The van der Waals surface area contributed by atoms with E-state index in [0.29, 0.717) is 5.92 Å². The molecule has 1 aliphatic rings. The summed E-state index contributed by atoms with van der Waals surface area (Å²) in [6, 6.07) is 3.40. The van der Waals surface area contributed by atoms with Gasteiger partial charge >= 0.3 is 5.00 Å². The monoisotopic (exact) mass is 283 g/mol. The van der Waals surface area contributed by atoms with Crippen molar-refractivity contribution in [2.24, 2.45) is 5.92 Å². The van der Waals surface area contributed by atoms with Crippen molar-refractivity contribution in [1.29, 1.82) is 0 Å². The molecule has 98 valence electrons. The third-order valence-electron chi connectivity index (χ3n) is 3.38. The number of allylic oxidation sites excluding steroid dienone is 1. The van der Waals surface area contributed by atoms with Crippen LogP contribution in [0.2, 0.25) is 0 Å². The number of nitro groups is 1. The van der Waals surface area contributed by atoms with E-state index in [1.165, 1.54) is 37.0 Å². The van der Waals surface area contributed by atoms with Crippen LogP contribution in [0.4, 0.5) is 5.00 Å². The molecule has 3 nitrogen and oxygen atoms in total. The highest BCUT2D eigenvalue weighted by Gasteiger charge is 2.18. The second-order valence-electron chi connectivity index (χ2n) is 4.56. The molecule has 0 radical (unpaired) electrons. The first kappa shape index (κ1) is 13.6. The molecule has 1 heterocycles. The third-order valence-corrected chi connectivity index (χ3v) is 5.52. The maximum atomic E-state index is 10.6. The summed E-state index contributed by atoms with van der Waals surface area (Å²) in [5, 5.41) is 11.6. The SMILES string of the molecule is CSC1CCC(/C=C/c2ccc([N+](=O)[O-])s2)CC1. The maximum absolute atomic E-state index is 10.6. The van der Waals surface area contributed by atoms with Gasteiger partial charge in [-0.1, -0.05) is 17.4 Å². The Hall–Kier alpha value is -0.810. The molecule has 1 aliphatic carbocycles. The van der Waals surface area contributed by atoms with Gasteiger partial charge in [0, 0.05) is 16.2 Å². The van der Waals surface area contributed by atoms with Gasteiger partial charge in [0.15, 0.2) is 0 Å². The predicted octanol–water partition coefficient (Wildman–Crippen LogP) is 4.59. The van der Waals surface area contributed by atoms with Crippen molar-refractivity contribution in [3.8, 4) is 0 Å². The van der Waals surface area contributed by atoms with E-state index in [-0.39, 0.29) is 9.92 Å². The van der Waals surface area contributed by atoms with Crippen molar-refractivity contribution in [3.63, 3.8) is 0 Å². The van der Waals surface area contributed by atoms with Gasteiger partial charge in [-0.2, -0.15) is 11.8 Å². The minimum absolute atomic E-state index is 0.223. The molecule has 0 atom stereocenters. The van der Waals surface area contributed by atoms with Gasteiger partial charge in [0.2, 0.25) is 0 Å². The van der Waals surface area contributed by atoms with Crippen molar-refractivity contribution >= 4 is 34.2 Å². The van der Waals surface area contributed by atoms with Crippen LogP contribution in [0.3, 0.4) is 0 Å². The zero-order valence-electron chi connectivity index (χ0n) is 10.4. The number of rotatable bonds is 4. The Morgan fingerprint density at radius 1 is 1.39 bits per heavy atom. The summed E-state index contributed by atoms with van der Waals surface area (Å²) in [6.07, 6.45) is 11.5. The van der Waals surface area contributed by atoms with Crippen molar-refractivity contribution in [1.82, 2.24) is 0 Å². The van der Waals surface area contributed by atoms with Gasteiger partial charge in [0.25, 0.3) is 0 Å². The van der Waals surface area contributed by atoms with Crippen LogP contribution in [0.25, 0.3) is 6.08 Å². The molecule has 18 heavy (non-hydrogen) atoms. The van der Waals surface area contributed by atoms with Crippen molar-refractivity contribution < 1.29 is 4.92 Å². The van der Waals surface area contributed by atoms with Crippen LogP contribution >= 0.6 is 23.1 Å². The quantitative estimate of drug-likeness (QED) is 0.599. The Bertz CT molecular complexity index is 434. The average molecular weight is 283 g/mol. The van der Waals surface area contributed by atoms with Gasteiger partial charge in [0.05, 0.1) is 4.92 Å². The average Bonchev–Trinajstić information content (AvgIpc) is 2.86. The molecule has 1 aromatic heterocycles. The van der Waals surface area contributed by atoms with E-state index in [2.05, 4.69) is 12.3 Å². The molecule has 0 amide bonds. The summed E-state index contributed by atoms with van der Waals surface area (Å²) >= 11 is 3.22. The molecular weight excluding hydrogens is 266 g/mol. The van der Waals surface area contributed by atoms with Crippen LogP contribution in [0.15, 0.2) is 18.2 Å². The first-order chi connectivity index (χ1) is 8.69. The molecular formula is C13H17NO2S2. The second-order valence-corrected chi connectivity index (χ2v) is 6.80. The fourth-order valence-electron chi connectivity index (χ4n) is 2.28. The van der Waals surface area contributed by atoms with E-state index in [0.717, 1.165) is 10.1 Å². The van der Waals surface area contributed by atoms with Gasteiger partial charge in [-0.05, 0) is 50.0 Å². The summed E-state index contributed by atoms with van der Waals surface area (Å²) in [7, 11) is 0. The highest BCUT2D eigenvalue weighted by Crippen LogP contribution is 2.32. The molecule has 0 bridgehead atoms. The number of hydrogen-bond donors (Lipinski definition) is 0. The van der Waals surface area contributed by atoms with Crippen LogP contribution in [0.1, 0.15) is 30.6 Å². The molecule has 2 rings (SSSR count). The Morgan fingerprint density at radius 3 is 2.67 bits per heavy atom. The number of thiophene rings is 1. The van der Waals surface area contributed by atoms with Crippen LogP contribution in [0.5, 0.6) is 0 Å².